The molecule has 0 aromatic carbocycles. The molecular weight excluding hydrogens is 186 g/mol. The number of aliphatic carboxylic acids is 1. The molecule has 1 rings (SSSR count). The number of ether oxygens (including phenoxy) is 1. The van der Waals surface area contributed by atoms with Crippen LogP contribution in [0.3, 0.4) is 0 Å². The van der Waals surface area contributed by atoms with Crippen LogP contribution in [0.15, 0.2) is 0 Å². The molecule has 0 saturated carbocycles. The van der Waals surface area contributed by atoms with E-state index in [0.29, 0.717) is 26.1 Å². The number of amides is 1. The zero-order chi connectivity index (χ0) is 10.6. The van der Waals surface area contributed by atoms with Gasteiger partial charge < -0.3 is 14.7 Å². The van der Waals surface area contributed by atoms with Crippen molar-refractivity contribution in [2.24, 2.45) is 0 Å². The van der Waals surface area contributed by atoms with Crippen molar-refractivity contribution in [2.75, 3.05) is 19.7 Å². The molecule has 1 atom stereocenters. The molecule has 0 spiro atoms. The van der Waals surface area contributed by atoms with Crippen molar-refractivity contribution in [3.8, 4) is 0 Å². The van der Waals surface area contributed by atoms with Crippen molar-refractivity contribution in [1.29, 1.82) is 0 Å². The Hall–Kier alpha value is -1.10. The van der Waals surface area contributed by atoms with Gasteiger partial charge in [-0.15, -0.1) is 0 Å². The molecule has 5 nitrogen and oxygen atoms in total. The summed E-state index contributed by atoms with van der Waals surface area (Å²) < 4.78 is 5.24. The van der Waals surface area contributed by atoms with Crippen LogP contribution in [0.5, 0.6) is 0 Å². The number of nitrogens with zero attached hydrogens (tertiary/aromatic N) is 1. The smallest absolute Gasteiger partial charge is 0.306 e. The lowest BCUT2D eigenvalue weighted by Crippen LogP contribution is -2.46. The molecule has 1 heterocycles. The van der Waals surface area contributed by atoms with Crippen molar-refractivity contribution < 1.29 is 19.4 Å². The van der Waals surface area contributed by atoms with E-state index < -0.39 is 5.97 Å². The summed E-state index contributed by atoms with van der Waals surface area (Å²) in [6.45, 7) is 3.20. The van der Waals surface area contributed by atoms with Gasteiger partial charge in [-0.25, -0.2) is 0 Å². The van der Waals surface area contributed by atoms with Gasteiger partial charge in [0.05, 0.1) is 19.1 Å². The molecular formula is C9H15NO4. The summed E-state index contributed by atoms with van der Waals surface area (Å²) in [6.07, 6.45) is 0.0737. The molecule has 1 amide bonds. The summed E-state index contributed by atoms with van der Waals surface area (Å²) >= 11 is 0. The minimum atomic E-state index is -0.888. The highest BCUT2D eigenvalue weighted by atomic mass is 16.5. The van der Waals surface area contributed by atoms with Gasteiger partial charge in [-0.1, -0.05) is 6.92 Å². The van der Waals surface area contributed by atoms with E-state index in [1.54, 1.807) is 11.8 Å². The van der Waals surface area contributed by atoms with Crippen molar-refractivity contribution >= 4 is 11.9 Å². The summed E-state index contributed by atoms with van der Waals surface area (Å²) in [5, 5.41) is 8.56. The highest BCUT2D eigenvalue weighted by Gasteiger charge is 2.24. The first-order chi connectivity index (χ1) is 6.63. The van der Waals surface area contributed by atoms with Gasteiger partial charge >= 0.3 is 5.97 Å². The first-order valence-electron chi connectivity index (χ1n) is 4.74. The second kappa shape index (κ2) is 4.95. The van der Waals surface area contributed by atoms with E-state index in [9.17, 15) is 9.59 Å². The predicted octanol–water partition coefficient (Wildman–Crippen LogP) is 0.0985. The first-order valence-corrected chi connectivity index (χ1v) is 4.74. The van der Waals surface area contributed by atoms with Crippen LogP contribution < -0.4 is 0 Å². The minimum Gasteiger partial charge on any atom is -0.481 e. The standard InChI is InChI=1S/C9H15NO4/c1-2-8(11)10-3-4-14-7(6-10)5-9(12)13/h7H,2-6H2,1H3,(H,12,13). The van der Waals surface area contributed by atoms with E-state index in [0.717, 1.165) is 0 Å². The van der Waals surface area contributed by atoms with Crippen LogP contribution in [0.1, 0.15) is 19.8 Å². The molecule has 1 aliphatic heterocycles. The van der Waals surface area contributed by atoms with E-state index in [1.807, 2.05) is 0 Å². The van der Waals surface area contributed by atoms with Gasteiger partial charge in [-0.2, -0.15) is 0 Å². The number of carboxylic acid groups (broad SMARTS) is 1. The Morgan fingerprint density at radius 3 is 2.86 bits per heavy atom. The average Bonchev–Trinajstić information content (AvgIpc) is 2.16. The van der Waals surface area contributed by atoms with Gasteiger partial charge in [-0.05, 0) is 0 Å². The van der Waals surface area contributed by atoms with Gasteiger partial charge in [0.1, 0.15) is 0 Å². The van der Waals surface area contributed by atoms with Crippen LogP contribution in [-0.4, -0.2) is 47.7 Å². The summed E-state index contributed by atoms with van der Waals surface area (Å²) in [6, 6.07) is 0. The Labute approximate surface area is 82.6 Å². The number of rotatable bonds is 3. The number of carbonyl (C=O) groups excluding carboxylic acids is 1. The van der Waals surface area contributed by atoms with E-state index >= 15 is 0 Å². The molecule has 14 heavy (non-hydrogen) atoms. The van der Waals surface area contributed by atoms with Crippen molar-refractivity contribution in [3.63, 3.8) is 0 Å². The first kappa shape index (κ1) is 11.0. The molecule has 0 aliphatic carbocycles. The predicted molar refractivity (Wildman–Crippen MR) is 48.9 cm³/mol. The third kappa shape index (κ3) is 2.99. The van der Waals surface area contributed by atoms with Crippen molar-refractivity contribution in [1.82, 2.24) is 4.90 Å². The second-order valence-corrected chi connectivity index (χ2v) is 3.28. The fourth-order valence-corrected chi connectivity index (χ4v) is 1.49. The molecule has 0 bridgehead atoms. The van der Waals surface area contributed by atoms with Gasteiger partial charge in [0, 0.05) is 19.5 Å². The Morgan fingerprint density at radius 2 is 2.29 bits per heavy atom. The molecule has 1 N–H and O–H groups in total. The van der Waals surface area contributed by atoms with E-state index in [1.165, 1.54) is 0 Å². The molecule has 1 saturated heterocycles. The average molecular weight is 201 g/mol. The Kier molecular flexibility index (Phi) is 3.88. The minimum absolute atomic E-state index is 0.0342. The zero-order valence-electron chi connectivity index (χ0n) is 8.23. The number of carbonyl (C=O) groups is 2. The molecule has 0 radical (unpaired) electrons. The fraction of sp³-hybridized carbons (Fsp3) is 0.778. The van der Waals surface area contributed by atoms with Crippen LogP contribution in [0.25, 0.3) is 0 Å². The Morgan fingerprint density at radius 1 is 1.57 bits per heavy atom. The summed E-state index contributed by atoms with van der Waals surface area (Å²) in [5.41, 5.74) is 0. The van der Waals surface area contributed by atoms with Crippen molar-refractivity contribution in [3.05, 3.63) is 0 Å². The van der Waals surface area contributed by atoms with E-state index in [4.69, 9.17) is 9.84 Å². The maximum atomic E-state index is 11.3. The largest absolute Gasteiger partial charge is 0.481 e. The SMILES string of the molecule is CCC(=O)N1CCOC(CC(=O)O)C1. The summed E-state index contributed by atoms with van der Waals surface area (Å²) in [5.74, 6) is -0.829. The topological polar surface area (TPSA) is 66.8 Å². The third-order valence-corrected chi connectivity index (χ3v) is 2.20. The number of carboxylic acids is 1. The lowest BCUT2D eigenvalue weighted by Gasteiger charge is -2.32. The number of hydrogen-bond acceptors (Lipinski definition) is 3. The lowest BCUT2D eigenvalue weighted by molar-refractivity contribution is -0.147. The molecule has 0 aromatic rings. The molecule has 5 heteroatoms. The summed E-state index contributed by atoms with van der Waals surface area (Å²) in [4.78, 5) is 23.4. The monoisotopic (exact) mass is 201 g/mol. The maximum Gasteiger partial charge on any atom is 0.306 e. The van der Waals surface area contributed by atoms with Crippen LogP contribution in [0, 0.1) is 0 Å². The molecule has 0 aromatic heterocycles. The molecule has 1 fully saturated rings. The van der Waals surface area contributed by atoms with Crippen LogP contribution in [0.2, 0.25) is 0 Å². The third-order valence-electron chi connectivity index (χ3n) is 2.20. The highest BCUT2D eigenvalue weighted by molar-refractivity contribution is 5.76. The van der Waals surface area contributed by atoms with Gasteiger partial charge in [0.2, 0.25) is 5.91 Å². The highest BCUT2D eigenvalue weighted by Crippen LogP contribution is 2.09. The van der Waals surface area contributed by atoms with Crippen LogP contribution >= 0.6 is 0 Å². The number of morpholine rings is 1. The normalized spacial score (nSPS) is 22.1. The molecule has 1 aliphatic rings. The Balaban J connectivity index is 2.43. The van der Waals surface area contributed by atoms with E-state index in [-0.39, 0.29) is 18.4 Å². The quantitative estimate of drug-likeness (QED) is 0.703. The molecule has 1 unspecified atom stereocenters. The molecule has 80 valence electrons. The maximum absolute atomic E-state index is 11.3. The van der Waals surface area contributed by atoms with Gasteiger partial charge in [0.15, 0.2) is 0 Å². The summed E-state index contributed by atoms with van der Waals surface area (Å²) in [7, 11) is 0. The van der Waals surface area contributed by atoms with Gasteiger partial charge in [0.25, 0.3) is 0 Å². The van der Waals surface area contributed by atoms with Crippen LogP contribution in [-0.2, 0) is 14.3 Å². The van der Waals surface area contributed by atoms with E-state index in [2.05, 4.69) is 0 Å². The zero-order valence-corrected chi connectivity index (χ0v) is 8.23. The van der Waals surface area contributed by atoms with Crippen LogP contribution in [0.4, 0.5) is 0 Å². The van der Waals surface area contributed by atoms with Gasteiger partial charge in [-0.3, -0.25) is 9.59 Å². The Bertz CT molecular complexity index is 229. The number of hydrogen-bond donors (Lipinski definition) is 1. The lowest BCUT2D eigenvalue weighted by atomic mass is 10.2. The van der Waals surface area contributed by atoms with Crippen molar-refractivity contribution in [2.45, 2.75) is 25.9 Å². The second-order valence-electron chi connectivity index (χ2n) is 3.28. The fourth-order valence-electron chi connectivity index (χ4n) is 1.49.